The molecular formula is C16H28N2. The third-order valence-corrected chi connectivity index (χ3v) is 3.08. The summed E-state index contributed by atoms with van der Waals surface area (Å²) in [5.41, 5.74) is 4.85. The molecule has 1 rings (SSSR count). The van der Waals surface area contributed by atoms with Crippen LogP contribution < -0.4 is 0 Å². The van der Waals surface area contributed by atoms with Crippen molar-refractivity contribution in [3.8, 4) is 0 Å². The maximum Gasteiger partial charge on any atom is 0.0624 e. The van der Waals surface area contributed by atoms with Crippen LogP contribution in [0.15, 0.2) is 0 Å². The van der Waals surface area contributed by atoms with Crippen molar-refractivity contribution in [3.63, 3.8) is 0 Å². The lowest BCUT2D eigenvalue weighted by Gasteiger charge is -2.15. The average Bonchev–Trinajstić information content (AvgIpc) is 2.29. The van der Waals surface area contributed by atoms with Gasteiger partial charge in [-0.15, -0.1) is 0 Å². The zero-order valence-electron chi connectivity index (χ0n) is 12.9. The van der Waals surface area contributed by atoms with E-state index >= 15 is 0 Å². The van der Waals surface area contributed by atoms with E-state index in [4.69, 9.17) is 9.97 Å². The Morgan fingerprint density at radius 1 is 0.667 bits per heavy atom. The second-order valence-corrected chi connectivity index (χ2v) is 5.91. The predicted octanol–water partition coefficient (Wildman–Crippen LogP) is 4.00. The number of hydrogen-bond donors (Lipinski definition) is 0. The normalized spacial score (nSPS) is 11.6. The van der Waals surface area contributed by atoms with E-state index in [-0.39, 0.29) is 0 Å². The van der Waals surface area contributed by atoms with E-state index in [9.17, 15) is 0 Å². The fourth-order valence-corrected chi connectivity index (χ4v) is 2.25. The van der Waals surface area contributed by atoms with Crippen LogP contribution in [-0.4, -0.2) is 9.97 Å². The molecule has 0 fully saturated rings. The molecule has 0 aliphatic rings. The van der Waals surface area contributed by atoms with Gasteiger partial charge in [-0.3, -0.25) is 9.97 Å². The van der Waals surface area contributed by atoms with Crippen molar-refractivity contribution in [2.75, 3.05) is 0 Å². The Morgan fingerprint density at radius 2 is 1.00 bits per heavy atom. The molecule has 18 heavy (non-hydrogen) atoms. The topological polar surface area (TPSA) is 25.8 Å². The molecule has 0 radical (unpaired) electrons. The van der Waals surface area contributed by atoms with Crippen molar-refractivity contribution < 1.29 is 0 Å². The minimum Gasteiger partial charge on any atom is -0.254 e. The maximum atomic E-state index is 4.89. The van der Waals surface area contributed by atoms with E-state index in [1.807, 2.05) is 0 Å². The summed E-state index contributed by atoms with van der Waals surface area (Å²) >= 11 is 0. The molecule has 0 spiro atoms. The van der Waals surface area contributed by atoms with Gasteiger partial charge >= 0.3 is 0 Å². The highest BCUT2D eigenvalue weighted by Crippen LogP contribution is 2.17. The van der Waals surface area contributed by atoms with Gasteiger partial charge < -0.3 is 0 Å². The molecule has 0 N–H and O–H groups in total. The van der Waals surface area contributed by atoms with Crippen LogP contribution in [0.1, 0.15) is 64.3 Å². The lowest BCUT2D eigenvalue weighted by molar-refractivity contribution is 0.600. The summed E-state index contributed by atoms with van der Waals surface area (Å²) < 4.78 is 0. The Bertz CT molecular complexity index is 343. The van der Waals surface area contributed by atoms with Crippen LogP contribution in [0.3, 0.4) is 0 Å². The zero-order valence-corrected chi connectivity index (χ0v) is 12.9. The summed E-state index contributed by atoms with van der Waals surface area (Å²) in [4.78, 5) is 9.79. The molecule has 2 nitrogen and oxygen atoms in total. The Labute approximate surface area is 112 Å². The van der Waals surface area contributed by atoms with Gasteiger partial charge in [-0.1, -0.05) is 41.5 Å². The molecule has 1 heterocycles. The van der Waals surface area contributed by atoms with Crippen LogP contribution >= 0.6 is 0 Å². The molecule has 0 bridgehead atoms. The second-order valence-electron chi connectivity index (χ2n) is 5.91. The number of aryl methyl sites for hydroxylation is 2. The van der Waals surface area contributed by atoms with Crippen LogP contribution in [0.5, 0.6) is 0 Å². The highest BCUT2D eigenvalue weighted by atomic mass is 14.8. The van der Waals surface area contributed by atoms with Crippen molar-refractivity contribution in [2.45, 2.75) is 67.2 Å². The molecule has 0 aromatic carbocycles. The summed E-state index contributed by atoms with van der Waals surface area (Å²) in [6, 6.07) is 0. The second kappa shape index (κ2) is 6.86. The minimum atomic E-state index is 0.644. The molecule has 0 atom stereocenters. The molecule has 2 heteroatoms. The summed E-state index contributed by atoms with van der Waals surface area (Å²) in [6.07, 6.45) is 4.07. The summed E-state index contributed by atoms with van der Waals surface area (Å²) in [7, 11) is 0. The van der Waals surface area contributed by atoms with E-state index in [0.717, 1.165) is 25.7 Å². The van der Waals surface area contributed by atoms with Crippen molar-refractivity contribution in [1.82, 2.24) is 9.97 Å². The van der Waals surface area contributed by atoms with E-state index in [2.05, 4.69) is 41.5 Å². The Kier molecular flexibility index (Phi) is 5.77. The highest BCUT2D eigenvalue weighted by Gasteiger charge is 2.13. The van der Waals surface area contributed by atoms with Crippen LogP contribution in [0.2, 0.25) is 0 Å². The lowest BCUT2D eigenvalue weighted by Crippen LogP contribution is -2.12. The molecule has 102 valence electrons. The van der Waals surface area contributed by atoms with Crippen LogP contribution in [0, 0.1) is 11.8 Å². The van der Waals surface area contributed by atoms with Gasteiger partial charge in [-0.25, -0.2) is 0 Å². The van der Waals surface area contributed by atoms with Crippen LogP contribution in [0.25, 0.3) is 0 Å². The maximum absolute atomic E-state index is 4.89. The van der Waals surface area contributed by atoms with Crippen LogP contribution in [0.4, 0.5) is 0 Å². The molecule has 0 saturated heterocycles. The number of rotatable bonds is 6. The van der Waals surface area contributed by atoms with Crippen molar-refractivity contribution in [3.05, 3.63) is 22.8 Å². The summed E-state index contributed by atoms with van der Waals surface area (Å²) in [6.45, 7) is 13.3. The Balaban J connectivity index is 3.14. The van der Waals surface area contributed by atoms with Crippen molar-refractivity contribution in [2.24, 2.45) is 11.8 Å². The van der Waals surface area contributed by atoms with Gasteiger partial charge in [0.15, 0.2) is 0 Å². The predicted molar refractivity (Wildman–Crippen MR) is 77.9 cm³/mol. The molecule has 0 saturated carbocycles. The van der Waals surface area contributed by atoms with E-state index in [1.54, 1.807) is 0 Å². The highest BCUT2D eigenvalue weighted by molar-refractivity contribution is 5.21. The molecule has 0 aliphatic heterocycles. The monoisotopic (exact) mass is 248 g/mol. The number of aromatic nitrogens is 2. The molecule has 1 aromatic heterocycles. The van der Waals surface area contributed by atoms with Gasteiger partial charge in [0.1, 0.15) is 0 Å². The quantitative estimate of drug-likeness (QED) is 0.760. The third-order valence-electron chi connectivity index (χ3n) is 3.08. The van der Waals surface area contributed by atoms with Crippen molar-refractivity contribution in [1.29, 1.82) is 0 Å². The smallest absolute Gasteiger partial charge is 0.0624 e. The first-order valence-electron chi connectivity index (χ1n) is 7.35. The van der Waals surface area contributed by atoms with Gasteiger partial charge in [0.2, 0.25) is 0 Å². The van der Waals surface area contributed by atoms with Crippen molar-refractivity contribution >= 4 is 0 Å². The molecule has 0 aliphatic carbocycles. The molecule has 0 amide bonds. The van der Waals surface area contributed by atoms with Gasteiger partial charge in [0, 0.05) is 0 Å². The Morgan fingerprint density at radius 3 is 1.22 bits per heavy atom. The average molecular weight is 248 g/mol. The standard InChI is InChI=1S/C16H28N2/c1-7-13-15(9-11(3)4)18-14(8-2)16(17-13)10-12(5)6/h11-12H,7-10H2,1-6H3. The van der Waals surface area contributed by atoms with Crippen LogP contribution in [-0.2, 0) is 25.7 Å². The van der Waals surface area contributed by atoms with Gasteiger partial charge in [0.25, 0.3) is 0 Å². The van der Waals surface area contributed by atoms with E-state index < -0.39 is 0 Å². The Hall–Kier alpha value is -0.920. The number of hydrogen-bond acceptors (Lipinski definition) is 2. The fourth-order valence-electron chi connectivity index (χ4n) is 2.25. The first-order valence-corrected chi connectivity index (χ1v) is 7.35. The van der Waals surface area contributed by atoms with Gasteiger partial charge in [-0.2, -0.15) is 0 Å². The van der Waals surface area contributed by atoms with E-state index in [0.29, 0.717) is 11.8 Å². The third kappa shape index (κ3) is 4.08. The molecule has 1 aromatic rings. The van der Waals surface area contributed by atoms with Gasteiger partial charge in [0.05, 0.1) is 22.8 Å². The SMILES string of the molecule is CCc1nc(CC(C)C)c(CC)nc1CC(C)C. The summed E-state index contributed by atoms with van der Waals surface area (Å²) in [5.74, 6) is 1.29. The summed E-state index contributed by atoms with van der Waals surface area (Å²) in [5, 5.41) is 0. The minimum absolute atomic E-state index is 0.644. The first-order chi connectivity index (χ1) is 8.47. The first kappa shape index (κ1) is 15.1. The zero-order chi connectivity index (χ0) is 13.7. The van der Waals surface area contributed by atoms with E-state index in [1.165, 1.54) is 22.8 Å². The number of nitrogens with zero attached hydrogens (tertiary/aromatic N) is 2. The molecule has 0 unspecified atom stereocenters. The van der Waals surface area contributed by atoms with Gasteiger partial charge in [-0.05, 0) is 37.5 Å². The largest absolute Gasteiger partial charge is 0.254 e. The molecular weight excluding hydrogens is 220 g/mol. The fraction of sp³-hybridized carbons (Fsp3) is 0.750. The lowest BCUT2D eigenvalue weighted by atomic mass is 10.0.